The van der Waals surface area contributed by atoms with Gasteiger partial charge in [0.2, 0.25) is 5.91 Å². The summed E-state index contributed by atoms with van der Waals surface area (Å²) in [6, 6.07) is 0.100. The molecule has 0 spiro atoms. The van der Waals surface area contributed by atoms with Crippen molar-refractivity contribution in [3.05, 3.63) is 0 Å². The molecule has 0 bridgehead atoms. The fourth-order valence-corrected chi connectivity index (χ4v) is 2.43. The minimum atomic E-state index is -0.229. The lowest BCUT2D eigenvalue weighted by molar-refractivity contribution is -0.147. The number of nitrogens with one attached hydrogen (secondary N) is 1. The van der Waals surface area contributed by atoms with Crippen molar-refractivity contribution in [3.8, 4) is 0 Å². The standard InChI is InChI=1S/C12H23N3O3/c1-10-9-18-11(8-16)6-15(10)12(17)7-14-4-2-13-3-5-14/h10-11,13,16H,2-9H2,1H3. The van der Waals surface area contributed by atoms with E-state index < -0.39 is 0 Å². The Hall–Kier alpha value is -0.690. The number of aliphatic hydroxyl groups is 1. The molecule has 0 aromatic carbocycles. The predicted octanol–water partition coefficient (Wildman–Crippen LogP) is -1.50. The molecule has 2 fully saturated rings. The van der Waals surface area contributed by atoms with Gasteiger partial charge in [-0.05, 0) is 6.92 Å². The van der Waals surface area contributed by atoms with Crippen LogP contribution in [0.25, 0.3) is 0 Å². The first kappa shape index (κ1) is 13.7. The quantitative estimate of drug-likeness (QED) is 0.644. The van der Waals surface area contributed by atoms with Crippen LogP contribution in [-0.2, 0) is 9.53 Å². The highest BCUT2D eigenvalue weighted by Crippen LogP contribution is 2.12. The fraction of sp³-hybridized carbons (Fsp3) is 0.917. The maximum Gasteiger partial charge on any atom is 0.237 e. The lowest BCUT2D eigenvalue weighted by Crippen LogP contribution is -2.55. The molecule has 0 aliphatic carbocycles. The Labute approximate surface area is 108 Å². The third-order valence-electron chi connectivity index (χ3n) is 3.60. The summed E-state index contributed by atoms with van der Waals surface area (Å²) in [4.78, 5) is 16.3. The van der Waals surface area contributed by atoms with Crippen molar-refractivity contribution < 1.29 is 14.6 Å². The third kappa shape index (κ3) is 3.41. The summed E-state index contributed by atoms with van der Waals surface area (Å²) in [6.07, 6.45) is -0.229. The molecule has 2 heterocycles. The van der Waals surface area contributed by atoms with Crippen LogP contribution in [0.3, 0.4) is 0 Å². The summed E-state index contributed by atoms with van der Waals surface area (Å²) >= 11 is 0. The van der Waals surface area contributed by atoms with Crippen molar-refractivity contribution >= 4 is 5.91 Å². The molecule has 2 rings (SSSR count). The average Bonchev–Trinajstić information content (AvgIpc) is 2.40. The fourth-order valence-electron chi connectivity index (χ4n) is 2.43. The van der Waals surface area contributed by atoms with Crippen molar-refractivity contribution in [2.75, 3.05) is 52.5 Å². The zero-order valence-corrected chi connectivity index (χ0v) is 11.0. The van der Waals surface area contributed by atoms with Crippen molar-refractivity contribution in [2.45, 2.75) is 19.1 Å². The van der Waals surface area contributed by atoms with Gasteiger partial charge in [0.25, 0.3) is 0 Å². The summed E-state index contributed by atoms with van der Waals surface area (Å²) < 4.78 is 5.44. The smallest absolute Gasteiger partial charge is 0.237 e. The Morgan fingerprint density at radius 2 is 2.17 bits per heavy atom. The van der Waals surface area contributed by atoms with Crippen LogP contribution in [-0.4, -0.2) is 85.4 Å². The number of morpholine rings is 1. The maximum absolute atomic E-state index is 12.3. The van der Waals surface area contributed by atoms with Gasteiger partial charge < -0.3 is 20.1 Å². The Morgan fingerprint density at radius 1 is 1.44 bits per heavy atom. The molecule has 2 unspecified atom stereocenters. The van der Waals surface area contributed by atoms with Gasteiger partial charge in [-0.3, -0.25) is 9.69 Å². The van der Waals surface area contributed by atoms with Gasteiger partial charge in [0.15, 0.2) is 0 Å². The van der Waals surface area contributed by atoms with Gasteiger partial charge in [0.05, 0.1) is 31.9 Å². The molecule has 2 atom stereocenters. The molecule has 18 heavy (non-hydrogen) atoms. The molecule has 6 nitrogen and oxygen atoms in total. The Balaban J connectivity index is 1.85. The number of ether oxygens (including phenoxy) is 1. The molecule has 6 heteroatoms. The second-order valence-electron chi connectivity index (χ2n) is 5.06. The number of aliphatic hydroxyl groups excluding tert-OH is 1. The van der Waals surface area contributed by atoms with E-state index in [1.165, 1.54) is 0 Å². The summed E-state index contributed by atoms with van der Waals surface area (Å²) in [6.45, 7) is 7.21. The van der Waals surface area contributed by atoms with Crippen molar-refractivity contribution in [2.24, 2.45) is 0 Å². The Kier molecular flexibility index (Phi) is 4.94. The highest BCUT2D eigenvalue weighted by atomic mass is 16.5. The Bertz CT molecular complexity index is 282. The second kappa shape index (κ2) is 6.47. The second-order valence-corrected chi connectivity index (χ2v) is 5.06. The van der Waals surface area contributed by atoms with Crippen LogP contribution in [0.5, 0.6) is 0 Å². The highest BCUT2D eigenvalue weighted by Gasteiger charge is 2.30. The normalized spacial score (nSPS) is 30.4. The number of hydrogen-bond donors (Lipinski definition) is 2. The molecule has 0 radical (unpaired) electrons. The van der Waals surface area contributed by atoms with E-state index in [0.29, 0.717) is 19.7 Å². The topological polar surface area (TPSA) is 65.0 Å². The number of hydrogen-bond acceptors (Lipinski definition) is 5. The van der Waals surface area contributed by atoms with E-state index in [9.17, 15) is 4.79 Å². The summed E-state index contributed by atoms with van der Waals surface area (Å²) in [5.41, 5.74) is 0. The number of piperazine rings is 1. The van der Waals surface area contributed by atoms with Crippen LogP contribution in [0.2, 0.25) is 0 Å². The van der Waals surface area contributed by atoms with Crippen LogP contribution in [0.15, 0.2) is 0 Å². The van der Waals surface area contributed by atoms with Crippen LogP contribution < -0.4 is 5.32 Å². The zero-order valence-electron chi connectivity index (χ0n) is 11.0. The van der Waals surface area contributed by atoms with E-state index >= 15 is 0 Å². The van der Waals surface area contributed by atoms with E-state index in [2.05, 4.69) is 10.2 Å². The SMILES string of the molecule is CC1COC(CO)CN1C(=O)CN1CCNCC1. The van der Waals surface area contributed by atoms with Gasteiger partial charge in [-0.1, -0.05) is 0 Å². The van der Waals surface area contributed by atoms with Crippen LogP contribution in [0.4, 0.5) is 0 Å². The first-order valence-electron chi connectivity index (χ1n) is 6.65. The number of carbonyl (C=O) groups excluding carboxylic acids is 1. The molecule has 2 saturated heterocycles. The van der Waals surface area contributed by atoms with E-state index in [4.69, 9.17) is 9.84 Å². The predicted molar refractivity (Wildman–Crippen MR) is 67.3 cm³/mol. The number of rotatable bonds is 3. The van der Waals surface area contributed by atoms with Crippen molar-refractivity contribution in [1.82, 2.24) is 15.1 Å². The average molecular weight is 257 g/mol. The van der Waals surface area contributed by atoms with Crippen LogP contribution in [0.1, 0.15) is 6.92 Å². The van der Waals surface area contributed by atoms with Crippen molar-refractivity contribution in [3.63, 3.8) is 0 Å². The molecular formula is C12H23N3O3. The first-order valence-corrected chi connectivity index (χ1v) is 6.65. The number of nitrogens with zero attached hydrogens (tertiary/aromatic N) is 2. The number of carbonyl (C=O) groups is 1. The molecule has 0 saturated carbocycles. The summed E-state index contributed by atoms with van der Waals surface area (Å²) in [5.74, 6) is 0.145. The summed E-state index contributed by atoms with van der Waals surface area (Å²) in [5, 5.41) is 12.4. The molecule has 2 aliphatic heterocycles. The summed E-state index contributed by atoms with van der Waals surface area (Å²) in [7, 11) is 0. The lowest BCUT2D eigenvalue weighted by Gasteiger charge is -2.39. The lowest BCUT2D eigenvalue weighted by atomic mass is 10.2. The first-order chi connectivity index (χ1) is 8.70. The molecular weight excluding hydrogens is 234 g/mol. The van der Waals surface area contributed by atoms with Crippen LogP contribution in [0, 0.1) is 0 Å². The molecule has 104 valence electrons. The molecule has 0 aromatic rings. The van der Waals surface area contributed by atoms with E-state index in [1.54, 1.807) is 0 Å². The van der Waals surface area contributed by atoms with Gasteiger partial charge >= 0.3 is 0 Å². The minimum absolute atomic E-state index is 0.0237. The van der Waals surface area contributed by atoms with Gasteiger partial charge in [-0.2, -0.15) is 0 Å². The largest absolute Gasteiger partial charge is 0.394 e. The molecule has 1 amide bonds. The van der Waals surface area contributed by atoms with Crippen molar-refractivity contribution in [1.29, 1.82) is 0 Å². The third-order valence-corrected chi connectivity index (χ3v) is 3.60. The van der Waals surface area contributed by atoms with Gasteiger partial charge in [-0.15, -0.1) is 0 Å². The number of amides is 1. The molecule has 0 aromatic heterocycles. The molecule has 2 aliphatic rings. The van der Waals surface area contributed by atoms with Gasteiger partial charge in [-0.25, -0.2) is 0 Å². The zero-order chi connectivity index (χ0) is 13.0. The maximum atomic E-state index is 12.3. The monoisotopic (exact) mass is 257 g/mol. The van der Waals surface area contributed by atoms with E-state index in [0.717, 1.165) is 26.2 Å². The highest BCUT2D eigenvalue weighted by molar-refractivity contribution is 5.78. The van der Waals surface area contributed by atoms with Gasteiger partial charge in [0.1, 0.15) is 0 Å². The van der Waals surface area contributed by atoms with E-state index in [-0.39, 0.29) is 24.7 Å². The Morgan fingerprint density at radius 3 is 2.83 bits per heavy atom. The minimum Gasteiger partial charge on any atom is -0.394 e. The van der Waals surface area contributed by atoms with E-state index in [1.807, 2.05) is 11.8 Å². The van der Waals surface area contributed by atoms with Gasteiger partial charge in [0, 0.05) is 32.7 Å². The molecule has 2 N–H and O–H groups in total. The van der Waals surface area contributed by atoms with Crippen LogP contribution >= 0.6 is 0 Å².